The Bertz CT molecular complexity index is 1120. The second kappa shape index (κ2) is 11.4. The summed E-state index contributed by atoms with van der Waals surface area (Å²) in [5.74, 6) is -0.268. The highest BCUT2D eigenvalue weighted by Crippen LogP contribution is 2.36. The first-order chi connectivity index (χ1) is 15.5. The van der Waals surface area contributed by atoms with E-state index in [0.717, 1.165) is 10.7 Å². The van der Waals surface area contributed by atoms with Crippen LogP contribution in [0.25, 0.3) is 0 Å². The minimum absolute atomic E-state index is 0.0453. The number of carbonyl (C=O) groups excluding carboxylic acids is 2. The molecule has 0 spiro atoms. The second-order valence-corrected chi connectivity index (χ2v) is 10.3. The van der Waals surface area contributed by atoms with E-state index in [1.807, 2.05) is 0 Å². The van der Waals surface area contributed by atoms with Crippen molar-refractivity contribution in [2.75, 3.05) is 27.8 Å². The lowest BCUT2D eigenvalue weighted by molar-refractivity contribution is 0.0846. The summed E-state index contributed by atoms with van der Waals surface area (Å²) in [6.07, 6.45) is 0.824. The maximum Gasteiger partial charge on any atom is 0.269 e. The molecule has 0 saturated heterocycles. The SMILES string of the molecule is COc1cc(C(=O)NNC(=O)c2cccc(S(=O)(=O)N(C)C)c2)cc(Cl)c1OCCC(C)C. The van der Waals surface area contributed by atoms with Crippen molar-refractivity contribution in [3.63, 3.8) is 0 Å². The van der Waals surface area contributed by atoms with E-state index in [1.165, 1.54) is 57.6 Å². The van der Waals surface area contributed by atoms with Crippen molar-refractivity contribution in [1.29, 1.82) is 0 Å². The first-order valence-corrected chi connectivity index (χ1v) is 11.9. The van der Waals surface area contributed by atoms with Crippen molar-refractivity contribution < 1.29 is 27.5 Å². The van der Waals surface area contributed by atoms with E-state index >= 15 is 0 Å². The van der Waals surface area contributed by atoms with Crippen molar-refractivity contribution in [3.8, 4) is 11.5 Å². The minimum atomic E-state index is -3.71. The van der Waals surface area contributed by atoms with Crippen LogP contribution in [0.4, 0.5) is 0 Å². The number of carbonyl (C=O) groups is 2. The van der Waals surface area contributed by atoms with Crippen LogP contribution in [0.1, 0.15) is 41.0 Å². The van der Waals surface area contributed by atoms with Gasteiger partial charge in [-0.2, -0.15) is 0 Å². The van der Waals surface area contributed by atoms with Crippen LogP contribution < -0.4 is 20.3 Å². The molecule has 2 aromatic rings. The highest BCUT2D eigenvalue weighted by Gasteiger charge is 2.20. The Balaban J connectivity index is 2.11. The van der Waals surface area contributed by atoms with Crippen molar-refractivity contribution in [2.45, 2.75) is 25.2 Å². The molecule has 2 aromatic carbocycles. The van der Waals surface area contributed by atoms with E-state index < -0.39 is 21.8 Å². The molecule has 0 aliphatic rings. The van der Waals surface area contributed by atoms with Gasteiger partial charge in [0.2, 0.25) is 10.0 Å². The molecule has 0 atom stereocenters. The van der Waals surface area contributed by atoms with Crippen molar-refractivity contribution in [3.05, 3.63) is 52.5 Å². The van der Waals surface area contributed by atoms with Gasteiger partial charge in [0, 0.05) is 25.2 Å². The van der Waals surface area contributed by atoms with Crippen LogP contribution in [0.15, 0.2) is 41.3 Å². The predicted molar refractivity (Wildman–Crippen MR) is 125 cm³/mol. The molecule has 180 valence electrons. The zero-order valence-electron chi connectivity index (χ0n) is 19.1. The van der Waals surface area contributed by atoms with Gasteiger partial charge in [-0.1, -0.05) is 31.5 Å². The van der Waals surface area contributed by atoms with Crippen LogP contribution in [0, 0.1) is 5.92 Å². The number of rotatable bonds is 9. The fourth-order valence-corrected chi connectivity index (χ4v) is 3.87. The number of nitrogens with zero attached hydrogens (tertiary/aromatic N) is 1. The molecular weight excluding hydrogens is 470 g/mol. The first-order valence-electron chi connectivity index (χ1n) is 10.1. The van der Waals surface area contributed by atoms with Gasteiger partial charge in [-0.25, -0.2) is 12.7 Å². The lowest BCUT2D eigenvalue weighted by Gasteiger charge is -2.15. The van der Waals surface area contributed by atoms with Gasteiger partial charge in [-0.15, -0.1) is 0 Å². The highest BCUT2D eigenvalue weighted by molar-refractivity contribution is 7.89. The zero-order valence-corrected chi connectivity index (χ0v) is 20.7. The fourth-order valence-electron chi connectivity index (χ4n) is 2.65. The van der Waals surface area contributed by atoms with Crippen molar-refractivity contribution in [2.24, 2.45) is 5.92 Å². The zero-order chi connectivity index (χ0) is 24.8. The molecule has 9 nitrogen and oxygen atoms in total. The summed E-state index contributed by atoms with van der Waals surface area (Å²) in [5, 5.41) is 0.191. The van der Waals surface area contributed by atoms with Gasteiger partial charge in [0.1, 0.15) is 0 Å². The quantitative estimate of drug-likeness (QED) is 0.514. The molecule has 0 aliphatic heterocycles. The summed E-state index contributed by atoms with van der Waals surface area (Å²) in [4.78, 5) is 24.9. The van der Waals surface area contributed by atoms with Gasteiger partial charge in [-0.3, -0.25) is 20.4 Å². The summed E-state index contributed by atoms with van der Waals surface area (Å²) < 4.78 is 36.6. The molecule has 0 unspecified atom stereocenters. The molecule has 0 fully saturated rings. The summed E-state index contributed by atoms with van der Waals surface area (Å²) in [6, 6.07) is 8.32. The summed E-state index contributed by atoms with van der Waals surface area (Å²) in [5.41, 5.74) is 4.74. The predicted octanol–water partition coefficient (Wildman–Crippen LogP) is 3.10. The minimum Gasteiger partial charge on any atom is -0.493 e. The Hall–Kier alpha value is -2.82. The topological polar surface area (TPSA) is 114 Å². The average molecular weight is 498 g/mol. The molecule has 0 aliphatic carbocycles. The molecule has 2 amide bonds. The molecule has 0 aromatic heterocycles. The van der Waals surface area contributed by atoms with Gasteiger partial charge < -0.3 is 9.47 Å². The number of hydrogen-bond acceptors (Lipinski definition) is 6. The third-order valence-corrected chi connectivity index (χ3v) is 6.69. The van der Waals surface area contributed by atoms with Gasteiger partial charge >= 0.3 is 0 Å². The Kier molecular flexibility index (Phi) is 9.09. The van der Waals surface area contributed by atoms with Crippen molar-refractivity contribution in [1.82, 2.24) is 15.2 Å². The largest absolute Gasteiger partial charge is 0.493 e. The number of sulfonamides is 1. The van der Waals surface area contributed by atoms with Crippen LogP contribution >= 0.6 is 11.6 Å². The van der Waals surface area contributed by atoms with E-state index in [2.05, 4.69) is 24.7 Å². The summed E-state index contributed by atoms with van der Waals surface area (Å²) >= 11 is 6.28. The third-order valence-electron chi connectivity index (χ3n) is 4.60. The standard InChI is InChI=1S/C22H28ClN3O6S/c1-14(2)9-10-32-20-18(23)12-16(13-19(20)31-5)22(28)25-24-21(27)15-7-6-8-17(11-15)33(29,30)26(3)4/h6-8,11-14H,9-10H2,1-5H3,(H,24,27)(H,25,28). The number of methoxy groups -OCH3 is 1. The number of hydrazine groups is 1. The normalized spacial score (nSPS) is 11.4. The van der Waals surface area contributed by atoms with Crippen LogP contribution in [-0.2, 0) is 10.0 Å². The first kappa shape index (κ1) is 26.4. The molecule has 11 heteroatoms. The van der Waals surface area contributed by atoms with Crippen molar-refractivity contribution >= 4 is 33.4 Å². The lowest BCUT2D eigenvalue weighted by atomic mass is 10.1. The Morgan fingerprint density at radius 1 is 1.06 bits per heavy atom. The number of amides is 2. The maximum absolute atomic E-state index is 12.5. The van der Waals surface area contributed by atoms with Gasteiger partial charge in [0.05, 0.1) is 23.6 Å². The van der Waals surface area contributed by atoms with E-state index in [1.54, 1.807) is 0 Å². The van der Waals surface area contributed by atoms with Gasteiger partial charge in [-0.05, 0) is 42.7 Å². The van der Waals surface area contributed by atoms with Gasteiger partial charge in [0.25, 0.3) is 11.8 Å². The molecular formula is C22H28ClN3O6S. The number of nitrogens with one attached hydrogen (secondary N) is 2. The number of benzene rings is 2. The second-order valence-electron chi connectivity index (χ2n) is 7.74. The molecule has 0 radical (unpaired) electrons. The Labute approximate surface area is 199 Å². The van der Waals surface area contributed by atoms with E-state index in [-0.39, 0.29) is 26.8 Å². The molecule has 33 heavy (non-hydrogen) atoms. The van der Waals surface area contributed by atoms with E-state index in [9.17, 15) is 18.0 Å². The van der Waals surface area contributed by atoms with Crippen LogP contribution in [0.2, 0.25) is 5.02 Å². The summed E-state index contributed by atoms with van der Waals surface area (Å²) in [6.45, 7) is 4.58. The maximum atomic E-state index is 12.5. The van der Waals surface area contributed by atoms with Gasteiger partial charge in [0.15, 0.2) is 11.5 Å². The monoisotopic (exact) mass is 497 g/mol. The Morgan fingerprint density at radius 2 is 1.70 bits per heavy atom. The van der Waals surface area contributed by atoms with Crippen LogP contribution in [-0.4, -0.2) is 52.3 Å². The van der Waals surface area contributed by atoms with Crippen LogP contribution in [0.3, 0.4) is 0 Å². The molecule has 2 rings (SSSR count). The average Bonchev–Trinajstić information content (AvgIpc) is 2.77. The number of halogens is 1. The van der Waals surface area contributed by atoms with E-state index in [0.29, 0.717) is 18.3 Å². The van der Waals surface area contributed by atoms with Crippen LogP contribution in [0.5, 0.6) is 11.5 Å². The molecule has 2 N–H and O–H groups in total. The lowest BCUT2D eigenvalue weighted by Crippen LogP contribution is -2.41. The molecule has 0 heterocycles. The molecule has 0 saturated carbocycles. The summed E-state index contributed by atoms with van der Waals surface area (Å²) in [7, 11) is 0.502. The third kappa shape index (κ3) is 6.83. The van der Waals surface area contributed by atoms with E-state index in [4.69, 9.17) is 21.1 Å². The Morgan fingerprint density at radius 3 is 2.27 bits per heavy atom. The highest BCUT2D eigenvalue weighted by atomic mass is 35.5. The number of hydrogen-bond donors (Lipinski definition) is 2. The number of ether oxygens (including phenoxy) is 2. The smallest absolute Gasteiger partial charge is 0.269 e. The molecule has 0 bridgehead atoms. The fraction of sp³-hybridized carbons (Fsp3) is 0.364.